The molecule has 1 aromatic rings. The van der Waals surface area contributed by atoms with Crippen LogP contribution in [0.15, 0.2) is 11.2 Å². The van der Waals surface area contributed by atoms with Gasteiger partial charge in [-0.05, 0) is 38.1 Å². The molecule has 2 N–H and O–H groups in total. The van der Waals surface area contributed by atoms with Crippen molar-refractivity contribution in [2.75, 3.05) is 38.3 Å². The largest absolute Gasteiger partial charge is 0.481 e. The molecule has 1 aromatic heterocycles. The number of hydrogen-bond acceptors (Lipinski definition) is 6. The lowest BCUT2D eigenvalue weighted by Crippen LogP contribution is -2.33. The van der Waals surface area contributed by atoms with E-state index in [1.54, 1.807) is 7.11 Å². The van der Waals surface area contributed by atoms with Gasteiger partial charge in [0.15, 0.2) is 5.16 Å². The minimum Gasteiger partial charge on any atom is -0.481 e. The molecule has 0 aromatic carbocycles. The molecular formula is C12H20N4OS. The van der Waals surface area contributed by atoms with Crippen molar-refractivity contribution >= 4 is 17.6 Å². The van der Waals surface area contributed by atoms with Crippen molar-refractivity contribution in [2.45, 2.75) is 18.0 Å². The van der Waals surface area contributed by atoms with Crippen LogP contribution in [-0.2, 0) is 0 Å². The van der Waals surface area contributed by atoms with E-state index in [2.05, 4.69) is 20.6 Å². The molecule has 0 spiro atoms. The van der Waals surface area contributed by atoms with Crippen molar-refractivity contribution in [1.82, 2.24) is 15.3 Å². The number of anilines is 1. The van der Waals surface area contributed by atoms with Gasteiger partial charge in [-0.15, -0.1) is 0 Å². The van der Waals surface area contributed by atoms with Gasteiger partial charge in [0, 0.05) is 12.6 Å². The van der Waals surface area contributed by atoms with Gasteiger partial charge in [-0.2, -0.15) is 4.98 Å². The first-order valence-electron chi connectivity index (χ1n) is 6.23. The van der Waals surface area contributed by atoms with Gasteiger partial charge in [-0.25, -0.2) is 4.98 Å². The van der Waals surface area contributed by atoms with Gasteiger partial charge in [0.1, 0.15) is 5.82 Å². The maximum Gasteiger partial charge on any atom is 0.219 e. The van der Waals surface area contributed by atoms with E-state index in [0.717, 1.165) is 30.6 Å². The first-order chi connectivity index (χ1) is 8.81. The summed E-state index contributed by atoms with van der Waals surface area (Å²) in [5, 5.41) is 7.53. The summed E-state index contributed by atoms with van der Waals surface area (Å²) in [5.74, 6) is 2.13. The molecule has 0 unspecified atom stereocenters. The minimum absolute atomic E-state index is 0.610. The Morgan fingerprint density at radius 3 is 3.11 bits per heavy atom. The Bertz CT molecular complexity index is 360. The van der Waals surface area contributed by atoms with Crippen LogP contribution in [0.1, 0.15) is 12.8 Å². The van der Waals surface area contributed by atoms with Crippen LogP contribution < -0.4 is 15.4 Å². The first-order valence-corrected chi connectivity index (χ1v) is 7.46. The Kier molecular flexibility index (Phi) is 5.07. The predicted molar refractivity (Wildman–Crippen MR) is 74.4 cm³/mol. The molecule has 100 valence electrons. The molecule has 6 heteroatoms. The number of nitrogens with one attached hydrogen (secondary N) is 2. The Morgan fingerprint density at radius 1 is 1.56 bits per heavy atom. The Morgan fingerprint density at radius 2 is 2.44 bits per heavy atom. The van der Waals surface area contributed by atoms with Crippen LogP contribution in [-0.4, -0.2) is 43.0 Å². The molecule has 1 aliphatic rings. The lowest BCUT2D eigenvalue weighted by Gasteiger charge is -2.23. The molecule has 0 radical (unpaired) electrons. The molecule has 1 atom stereocenters. The highest BCUT2D eigenvalue weighted by atomic mass is 32.2. The highest BCUT2D eigenvalue weighted by Gasteiger charge is 2.13. The summed E-state index contributed by atoms with van der Waals surface area (Å²) in [4.78, 5) is 8.67. The number of methoxy groups -OCH3 is 1. The summed E-state index contributed by atoms with van der Waals surface area (Å²) in [7, 11) is 1.63. The van der Waals surface area contributed by atoms with Crippen molar-refractivity contribution in [3.63, 3.8) is 0 Å². The fraction of sp³-hybridized carbons (Fsp3) is 0.667. The average molecular weight is 268 g/mol. The van der Waals surface area contributed by atoms with Crippen LogP contribution in [0.25, 0.3) is 0 Å². The molecule has 1 aliphatic heterocycles. The lowest BCUT2D eigenvalue weighted by molar-refractivity contribution is 0.389. The van der Waals surface area contributed by atoms with E-state index in [0.29, 0.717) is 11.8 Å². The molecule has 18 heavy (non-hydrogen) atoms. The standard InChI is InChI=1S/C12H20N4OS/c1-17-11-6-10(15-12(16-11)18-2)14-8-9-4-3-5-13-7-9/h6,9,13H,3-5,7-8H2,1-2H3,(H,14,15,16)/t9-/m0/s1. The summed E-state index contributed by atoms with van der Waals surface area (Å²) < 4.78 is 5.17. The maximum atomic E-state index is 5.17. The van der Waals surface area contributed by atoms with Crippen molar-refractivity contribution in [3.8, 4) is 5.88 Å². The van der Waals surface area contributed by atoms with Gasteiger partial charge in [-0.3, -0.25) is 0 Å². The third-order valence-electron chi connectivity index (χ3n) is 3.04. The summed E-state index contributed by atoms with van der Waals surface area (Å²) >= 11 is 1.52. The number of nitrogens with zero attached hydrogens (tertiary/aromatic N) is 2. The number of rotatable bonds is 5. The van der Waals surface area contributed by atoms with Gasteiger partial charge in [0.05, 0.1) is 7.11 Å². The van der Waals surface area contributed by atoms with Crippen LogP contribution in [0, 0.1) is 5.92 Å². The Balaban J connectivity index is 1.94. The quantitative estimate of drug-likeness (QED) is 0.625. The van der Waals surface area contributed by atoms with Crippen molar-refractivity contribution in [3.05, 3.63) is 6.07 Å². The third-order valence-corrected chi connectivity index (χ3v) is 3.59. The summed E-state index contributed by atoms with van der Waals surface area (Å²) in [5.41, 5.74) is 0. The number of thioether (sulfide) groups is 1. The summed E-state index contributed by atoms with van der Waals surface area (Å²) in [6, 6.07) is 1.84. The van der Waals surface area contributed by atoms with Crippen LogP contribution in [0.5, 0.6) is 5.88 Å². The molecule has 5 nitrogen and oxygen atoms in total. The number of ether oxygens (including phenoxy) is 1. The summed E-state index contributed by atoms with van der Waals surface area (Å²) in [6.45, 7) is 3.18. The van der Waals surface area contributed by atoms with E-state index in [1.165, 1.54) is 24.6 Å². The number of hydrogen-bond donors (Lipinski definition) is 2. The van der Waals surface area contributed by atoms with E-state index >= 15 is 0 Å². The van der Waals surface area contributed by atoms with Gasteiger partial charge < -0.3 is 15.4 Å². The predicted octanol–water partition coefficient (Wildman–Crippen LogP) is 1.62. The molecule has 0 bridgehead atoms. The highest BCUT2D eigenvalue weighted by molar-refractivity contribution is 7.98. The third kappa shape index (κ3) is 3.74. The van der Waals surface area contributed by atoms with Gasteiger partial charge in [0.2, 0.25) is 5.88 Å². The fourth-order valence-electron chi connectivity index (χ4n) is 2.04. The van der Waals surface area contributed by atoms with Crippen molar-refractivity contribution in [1.29, 1.82) is 0 Å². The van der Waals surface area contributed by atoms with Crippen molar-refractivity contribution < 1.29 is 4.74 Å². The fourth-order valence-corrected chi connectivity index (χ4v) is 2.41. The second-order valence-corrected chi connectivity index (χ2v) is 5.15. The maximum absolute atomic E-state index is 5.17. The molecule has 2 rings (SSSR count). The Labute approximate surface area is 112 Å². The zero-order chi connectivity index (χ0) is 12.8. The highest BCUT2D eigenvalue weighted by Crippen LogP contribution is 2.19. The van der Waals surface area contributed by atoms with Gasteiger partial charge in [-0.1, -0.05) is 11.8 Å². The summed E-state index contributed by atoms with van der Waals surface area (Å²) in [6.07, 6.45) is 4.50. The molecule has 0 aliphatic carbocycles. The zero-order valence-corrected chi connectivity index (χ0v) is 11.7. The normalized spacial score (nSPS) is 19.6. The second kappa shape index (κ2) is 6.80. The molecular weight excluding hydrogens is 248 g/mol. The average Bonchev–Trinajstić information content (AvgIpc) is 2.45. The molecule has 0 amide bonds. The van der Waals surface area contributed by atoms with E-state index in [1.807, 2.05) is 12.3 Å². The SMILES string of the molecule is COc1cc(NC[C@H]2CCCNC2)nc(SC)n1. The smallest absolute Gasteiger partial charge is 0.219 e. The monoisotopic (exact) mass is 268 g/mol. The number of piperidine rings is 1. The van der Waals surface area contributed by atoms with Crippen LogP contribution in [0.4, 0.5) is 5.82 Å². The first kappa shape index (κ1) is 13.4. The van der Waals surface area contributed by atoms with Gasteiger partial charge >= 0.3 is 0 Å². The van der Waals surface area contributed by atoms with Crippen LogP contribution >= 0.6 is 11.8 Å². The lowest BCUT2D eigenvalue weighted by atomic mass is 10.00. The molecule has 0 saturated carbocycles. The second-order valence-electron chi connectivity index (χ2n) is 4.38. The van der Waals surface area contributed by atoms with E-state index < -0.39 is 0 Å². The van der Waals surface area contributed by atoms with E-state index in [4.69, 9.17) is 4.74 Å². The molecule has 2 heterocycles. The topological polar surface area (TPSA) is 59.1 Å². The van der Waals surface area contributed by atoms with E-state index in [-0.39, 0.29) is 0 Å². The Hall–Kier alpha value is -1.01. The molecule has 1 saturated heterocycles. The zero-order valence-electron chi connectivity index (χ0n) is 10.9. The number of aromatic nitrogens is 2. The molecule has 1 fully saturated rings. The minimum atomic E-state index is 0.610. The van der Waals surface area contributed by atoms with Crippen LogP contribution in [0.3, 0.4) is 0 Å². The van der Waals surface area contributed by atoms with E-state index in [9.17, 15) is 0 Å². The van der Waals surface area contributed by atoms with Gasteiger partial charge in [0.25, 0.3) is 0 Å². The van der Waals surface area contributed by atoms with Crippen LogP contribution in [0.2, 0.25) is 0 Å². The van der Waals surface area contributed by atoms with Crippen molar-refractivity contribution in [2.24, 2.45) is 5.92 Å².